The number of fused-ring (bicyclic) bond motifs is 1. The van der Waals surface area contributed by atoms with E-state index in [4.69, 9.17) is 4.74 Å². The van der Waals surface area contributed by atoms with Crippen molar-refractivity contribution in [3.8, 4) is 11.5 Å². The van der Waals surface area contributed by atoms with Crippen LogP contribution in [-0.2, 0) is 17.9 Å². The molecule has 0 aliphatic heterocycles. The van der Waals surface area contributed by atoms with Crippen LogP contribution < -0.4 is 26.0 Å². The zero-order valence-electron chi connectivity index (χ0n) is 18.8. The maximum Gasteiger partial charge on any atom is 0.573 e. The summed E-state index contributed by atoms with van der Waals surface area (Å²) in [5.74, 6) is -0.473. The molecule has 0 atom stereocenters. The van der Waals surface area contributed by atoms with Crippen molar-refractivity contribution in [3.05, 3.63) is 93.3 Å². The molecule has 0 saturated heterocycles. The van der Waals surface area contributed by atoms with E-state index >= 15 is 0 Å². The summed E-state index contributed by atoms with van der Waals surface area (Å²) in [7, 11) is 1.52. The summed E-state index contributed by atoms with van der Waals surface area (Å²) in [6, 6.07) is 14.4. The van der Waals surface area contributed by atoms with Crippen molar-refractivity contribution in [2.24, 2.45) is 0 Å². The highest BCUT2D eigenvalue weighted by Crippen LogP contribution is 2.24. The summed E-state index contributed by atoms with van der Waals surface area (Å²) in [5.41, 5.74) is -0.308. The quantitative estimate of drug-likeness (QED) is 0.418. The molecule has 12 heteroatoms. The highest BCUT2D eigenvalue weighted by atomic mass is 19.4. The molecule has 0 unspecified atom stereocenters. The standard InChI is InChI=1S/C24H19F3N4O5/c1-35-17-8-4-15(5-9-17)13-31-22(33)21-19(3-2-12-28-21)30(23(31)34)14-20(32)29-16-6-10-18(11-7-16)36-24(25,26)27/h2-12H,13-14H2,1H3,(H,29,32). The van der Waals surface area contributed by atoms with Gasteiger partial charge in [-0.1, -0.05) is 12.1 Å². The van der Waals surface area contributed by atoms with Crippen LogP contribution in [0.1, 0.15) is 5.56 Å². The average molecular weight is 500 g/mol. The largest absolute Gasteiger partial charge is 0.573 e. The Balaban J connectivity index is 1.62. The van der Waals surface area contributed by atoms with Crippen LogP contribution in [0.4, 0.5) is 18.9 Å². The summed E-state index contributed by atoms with van der Waals surface area (Å²) >= 11 is 0. The van der Waals surface area contributed by atoms with Crippen molar-refractivity contribution >= 4 is 22.6 Å². The van der Waals surface area contributed by atoms with E-state index in [2.05, 4.69) is 15.0 Å². The van der Waals surface area contributed by atoms with Crippen molar-refractivity contribution in [3.63, 3.8) is 0 Å². The number of anilines is 1. The molecule has 1 N–H and O–H groups in total. The molecule has 2 aromatic carbocycles. The second-order valence-corrected chi connectivity index (χ2v) is 7.60. The molecule has 4 rings (SSSR count). The molecule has 0 spiro atoms. The number of rotatable bonds is 7. The van der Waals surface area contributed by atoms with Gasteiger partial charge in [0.25, 0.3) is 5.56 Å². The summed E-state index contributed by atoms with van der Waals surface area (Å²) in [4.78, 5) is 43.1. The monoisotopic (exact) mass is 500 g/mol. The molecule has 0 fully saturated rings. The predicted octanol–water partition coefficient (Wildman–Crippen LogP) is 3.15. The number of nitrogens with one attached hydrogen (secondary N) is 1. The Bertz CT molecular complexity index is 1510. The first-order valence-electron chi connectivity index (χ1n) is 10.5. The average Bonchev–Trinajstić information content (AvgIpc) is 2.85. The van der Waals surface area contributed by atoms with Gasteiger partial charge in [-0.25, -0.2) is 9.78 Å². The lowest BCUT2D eigenvalue weighted by Crippen LogP contribution is -2.42. The molecule has 0 aliphatic rings. The number of methoxy groups -OCH3 is 1. The van der Waals surface area contributed by atoms with Gasteiger partial charge in [-0.05, 0) is 54.1 Å². The molecule has 0 saturated carbocycles. The minimum absolute atomic E-state index is 0.00654. The molecule has 186 valence electrons. The molecular formula is C24H19F3N4O5. The van der Waals surface area contributed by atoms with Gasteiger partial charge in [-0.3, -0.25) is 18.7 Å². The predicted molar refractivity (Wildman–Crippen MR) is 124 cm³/mol. The smallest absolute Gasteiger partial charge is 0.497 e. The number of benzene rings is 2. The van der Waals surface area contributed by atoms with Crippen molar-refractivity contribution in [1.82, 2.24) is 14.1 Å². The Morgan fingerprint density at radius 1 is 0.972 bits per heavy atom. The Kier molecular flexibility index (Phi) is 6.77. The number of carbonyl (C=O) groups excluding carboxylic acids is 1. The van der Waals surface area contributed by atoms with Gasteiger partial charge in [0.15, 0.2) is 5.52 Å². The lowest BCUT2D eigenvalue weighted by Gasteiger charge is -2.14. The third kappa shape index (κ3) is 5.54. The van der Waals surface area contributed by atoms with E-state index < -0.39 is 35.8 Å². The van der Waals surface area contributed by atoms with Crippen molar-refractivity contribution in [1.29, 1.82) is 0 Å². The van der Waals surface area contributed by atoms with Crippen molar-refractivity contribution in [2.75, 3.05) is 12.4 Å². The molecule has 2 heterocycles. The summed E-state index contributed by atoms with van der Waals surface area (Å²) < 4.78 is 48.0. The molecule has 0 bridgehead atoms. The van der Waals surface area contributed by atoms with Gasteiger partial charge in [0.05, 0.1) is 19.2 Å². The first-order chi connectivity index (χ1) is 17.1. The van der Waals surface area contributed by atoms with Crippen LogP contribution in [0.5, 0.6) is 11.5 Å². The van der Waals surface area contributed by atoms with Gasteiger partial charge in [0.1, 0.15) is 18.0 Å². The number of pyridine rings is 1. The fraction of sp³-hybridized carbons (Fsp3) is 0.167. The molecule has 0 radical (unpaired) electrons. The number of alkyl halides is 3. The number of amides is 1. The first-order valence-corrected chi connectivity index (χ1v) is 10.5. The zero-order chi connectivity index (χ0) is 25.9. The third-order valence-corrected chi connectivity index (χ3v) is 5.16. The fourth-order valence-corrected chi connectivity index (χ4v) is 3.53. The normalized spacial score (nSPS) is 11.3. The Morgan fingerprint density at radius 2 is 1.64 bits per heavy atom. The van der Waals surface area contributed by atoms with Crippen LogP contribution in [0.15, 0.2) is 76.4 Å². The van der Waals surface area contributed by atoms with Crippen molar-refractivity contribution in [2.45, 2.75) is 19.5 Å². The Morgan fingerprint density at radius 3 is 2.28 bits per heavy atom. The number of aromatic nitrogens is 3. The number of ether oxygens (including phenoxy) is 2. The van der Waals surface area contributed by atoms with E-state index in [0.717, 1.165) is 21.3 Å². The van der Waals surface area contributed by atoms with Gasteiger partial charge < -0.3 is 14.8 Å². The number of hydrogen-bond acceptors (Lipinski definition) is 6. The van der Waals surface area contributed by atoms with Crippen LogP contribution in [0, 0.1) is 0 Å². The number of nitrogens with zero attached hydrogens (tertiary/aromatic N) is 3. The third-order valence-electron chi connectivity index (χ3n) is 5.16. The lowest BCUT2D eigenvalue weighted by atomic mass is 10.2. The lowest BCUT2D eigenvalue weighted by molar-refractivity contribution is -0.274. The molecule has 0 aliphatic carbocycles. The van der Waals surface area contributed by atoms with Crippen LogP contribution in [-0.4, -0.2) is 33.5 Å². The first kappa shape index (κ1) is 24.5. The van der Waals surface area contributed by atoms with Gasteiger partial charge in [0, 0.05) is 11.9 Å². The molecule has 36 heavy (non-hydrogen) atoms. The minimum atomic E-state index is -4.84. The maximum absolute atomic E-state index is 13.3. The second kappa shape index (κ2) is 9.94. The molecule has 1 amide bonds. The second-order valence-electron chi connectivity index (χ2n) is 7.60. The van der Waals surface area contributed by atoms with Gasteiger partial charge >= 0.3 is 12.1 Å². The van der Waals surface area contributed by atoms with Crippen LogP contribution in [0.25, 0.3) is 11.0 Å². The SMILES string of the molecule is COc1ccc(Cn2c(=O)c3ncccc3n(CC(=O)Nc3ccc(OC(F)(F)F)cc3)c2=O)cc1. The topological polar surface area (TPSA) is 104 Å². The fourth-order valence-electron chi connectivity index (χ4n) is 3.53. The molecular weight excluding hydrogens is 481 g/mol. The number of carbonyl (C=O) groups is 1. The van der Waals surface area contributed by atoms with Crippen LogP contribution >= 0.6 is 0 Å². The zero-order valence-corrected chi connectivity index (χ0v) is 18.8. The Hall–Kier alpha value is -4.61. The number of halogens is 3. The van der Waals surface area contributed by atoms with E-state index in [9.17, 15) is 27.6 Å². The molecule has 9 nitrogen and oxygen atoms in total. The van der Waals surface area contributed by atoms with Crippen molar-refractivity contribution < 1.29 is 27.4 Å². The van der Waals surface area contributed by atoms with Crippen LogP contribution in [0.2, 0.25) is 0 Å². The van der Waals surface area contributed by atoms with Crippen LogP contribution in [0.3, 0.4) is 0 Å². The van der Waals surface area contributed by atoms with E-state index in [1.54, 1.807) is 24.3 Å². The molecule has 2 aromatic heterocycles. The van der Waals surface area contributed by atoms with E-state index in [0.29, 0.717) is 11.3 Å². The highest BCUT2D eigenvalue weighted by molar-refractivity contribution is 5.91. The summed E-state index contributed by atoms with van der Waals surface area (Å²) in [6.07, 6.45) is -3.43. The van der Waals surface area contributed by atoms with Gasteiger partial charge in [0.2, 0.25) is 5.91 Å². The highest BCUT2D eigenvalue weighted by Gasteiger charge is 2.31. The van der Waals surface area contributed by atoms with Gasteiger partial charge in [-0.15, -0.1) is 13.2 Å². The Labute approximate surface area is 201 Å². The number of hydrogen-bond donors (Lipinski definition) is 1. The summed E-state index contributed by atoms with van der Waals surface area (Å²) in [5, 5.41) is 2.51. The van der Waals surface area contributed by atoms with E-state index in [1.807, 2.05) is 0 Å². The minimum Gasteiger partial charge on any atom is -0.497 e. The van der Waals surface area contributed by atoms with E-state index in [-0.39, 0.29) is 23.3 Å². The summed E-state index contributed by atoms with van der Waals surface area (Å²) in [6.45, 7) is -0.527. The molecule has 4 aromatic rings. The van der Waals surface area contributed by atoms with E-state index in [1.165, 1.54) is 37.6 Å². The maximum atomic E-state index is 13.3. The van der Waals surface area contributed by atoms with Gasteiger partial charge in [-0.2, -0.15) is 0 Å².